The molecule has 0 N–H and O–H groups in total. The molecule has 1 heterocycles. The lowest BCUT2D eigenvalue weighted by atomic mass is 10.1. The summed E-state index contributed by atoms with van der Waals surface area (Å²) < 4.78 is 0. The van der Waals surface area contributed by atoms with Gasteiger partial charge < -0.3 is 0 Å². The number of para-hydroxylation sites is 2. The normalized spacial score (nSPS) is 10.3. The first-order valence-corrected chi connectivity index (χ1v) is 7.02. The summed E-state index contributed by atoms with van der Waals surface area (Å²) >= 11 is 0. The van der Waals surface area contributed by atoms with Crippen molar-refractivity contribution in [2.45, 2.75) is 0 Å². The Balaban J connectivity index is 2.16. The van der Waals surface area contributed by atoms with E-state index in [4.69, 9.17) is 0 Å². The average Bonchev–Trinajstić information content (AvgIpc) is 2.61. The van der Waals surface area contributed by atoms with Crippen LogP contribution in [-0.4, -0.2) is 14.8 Å². The summed E-state index contributed by atoms with van der Waals surface area (Å²) in [5, 5.41) is 22.4. The number of rotatable bonds is 4. The molecule has 0 aliphatic heterocycles. The molecule has 24 heavy (non-hydrogen) atoms. The van der Waals surface area contributed by atoms with Crippen LogP contribution in [-0.2, 0) is 0 Å². The largest absolute Gasteiger partial charge is 0.278 e. The van der Waals surface area contributed by atoms with E-state index in [0.717, 1.165) is 0 Å². The molecule has 0 spiro atoms. The van der Waals surface area contributed by atoms with Crippen molar-refractivity contribution in [2.24, 2.45) is 0 Å². The Morgan fingerprint density at radius 2 is 1.04 bits per heavy atom. The molecule has 2 aromatic carbocycles. The number of pyridine rings is 1. The van der Waals surface area contributed by atoms with Gasteiger partial charge in [-0.25, -0.2) is 4.98 Å². The zero-order valence-electron chi connectivity index (χ0n) is 12.3. The maximum absolute atomic E-state index is 11.2. The molecular formula is C17H11N3O4. The molecule has 7 heteroatoms. The number of nitrogens with zero attached hydrogens (tertiary/aromatic N) is 3. The smallest absolute Gasteiger partial charge is 0.258 e. The molecule has 3 aromatic rings. The van der Waals surface area contributed by atoms with Crippen LogP contribution in [0.15, 0.2) is 66.7 Å². The van der Waals surface area contributed by atoms with Crippen LogP contribution >= 0.6 is 0 Å². The zero-order chi connectivity index (χ0) is 17.1. The number of hydrogen-bond donors (Lipinski definition) is 0. The fourth-order valence-electron chi connectivity index (χ4n) is 2.43. The van der Waals surface area contributed by atoms with E-state index in [1.165, 1.54) is 12.1 Å². The van der Waals surface area contributed by atoms with Gasteiger partial charge in [-0.3, -0.25) is 20.2 Å². The molecule has 1 aromatic heterocycles. The Hall–Kier alpha value is -3.61. The summed E-state index contributed by atoms with van der Waals surface area (Å²) in [6, 6.07) is 17.5. The molecule has 0 bridgehead atoms. The second-order valence-corrected chi connectivity index (χ2v) is 4.96. The highest BCUT2D eigenvalue weighted by Crippen LogP contribution is 2.32. The Labute approximate surface area is 136 Å². The molecule has 0 fully saturated rings. The summed E-state index contributed by atoms with van der Waals surface area (Å²) in [7, 11) is 0. The molecule has 7 nitrogen and oxygen atoms in total. The van der Waals surface area contributed by atoms with Crippen LogP contribution in [0, 0.1) is 20.2 Å². The van der Waals surface area contributed by atoms with Crippen molar-refractivity contribution >= 4 is 11.4 Å². The molecule has 0 aliphatic rings. The quantitative estimate of drug-likeness (QED) is 0.529. The molecule has 0 saturated heterocycles. The second-order valence-electron chi connectivity index (χ2n) is 4.96. The number of aromatic nitrogens is 1. The lowest BCUT2D eigenvalue weighted by Crippen LogP contribution is -1.96. The first-order valence-electron chi connectivity index (χ1n) is 7.02. The van der Waals surface area contributed by atoms with Crippen molar-refractivity contribution in [1.29, 1.82) is 0 Å². The van der Waals surface area contributed by atoms with E-state index in [2.05, 4.69) is 4.98 Å². The van der Waals surface area contributed by atoms with Gasteiger partial charge in [-0.15, -0.1) is 0 Å². The van der Waals surface area contributed by atoms with Crippen LogP contribution in [0.4, 0.5) is 11.4 Å². The van der Waals surface area contributed by atoms with E-state index >= 15 is 0 Å². The minimum absolute atomic E-state index is 0.0651. The molecule has 0 amide bonds. The van der Waals surface area contributed by atoms with Gasteiger partial charge in [0.05, 0.1) is 32.4 Å². The topological polar surface area (TPSA) is 99.2 Å². The molecule has 0 radical (unpaired) electrons. The SMILES string of the molecule is O=[N+]([O-])c1ccccc1-c1cccc(-c2ccccc2[N+](=O)[O-])n1. The Morgan fingerprint density at radius 1 is 0.625 bits per heavy atom. The third-order valence-electron chi connectivity index (χ3n) is 3.50. The van der Waals surface area contributed by atoms with Gasteiger partial charge in [0.1, 0.15) is 0 Å². The summed E-state index contributed by atoms with van der Waals surface area (Å²) in [5.74, 6) is 0. The zero-order valence-corrected chi connectivity index (χ0v) is 12.3. The number of nitro benzene ring substituents is 2. The van der Waals surface area contributed by atoms with Gasteiger partial charge in [-0.05, 0) is 24.3 Å². The van der Waals surface area contributed by atoms with Crippen LogP contribution in [0.25, 0.3) is 22.5 Å². The van der Waals surface area contributed by atoms with Crippen molar-refractivity contribution in [2.75, 3.05) is 0 Å². The van der Waals surface area contributed by atoms with Gasteiger partial charge >= 0.3 is 0 Å². The van der Waals surface area contributed by atoms with E-state index in [1.54, 1.807) is 54.6 Å². The summed E-state index contributed by atoms with van der Waals surface area (Å²) in [5.41, 5.74) is 1.37. The Morgan fingerprint density at radius 3 is 1.46 bits per heavy atom. The van der Waals surface area contributed by atoms with Crippen LogP contribution in [0.5, 0.6) is 0 Å². The second kappa shape index (κ2) is 6.25. The number of nitro groups is 2. The van der Waals surface area contributed by atoms with Gasteiger partial charge in [0, 0.05) is 12.1 Å². The fraction of sp³-hybridized carbons (Fsp3) is 0. The predicted octanol–water partition coefficient (Wildman–Crippen LogP) is 4.23. The van der Waals surface area contributed by atoms with Crippen molar-refractivity contribution in [3.63, 3.8) is 0 Å². The molecular weight excluding hydrogens is 310 g/mol. The maximum atomic E-state index is 11.2. The highest BCUT2D eigenvalue weighted by molar-refractivity contribution is 5.75. The lowest BCUT2D eigenvalue weighted by Gasteiger charge is -2.06. The fourth-order valence-corrected chi connectivity index (χ4v) is 2.43. The van der Waals surface area contributed by atoms with E-state index in [1.807, 2.05) is 0 Å². The predicted molar refractivity (Wildman–Crippen MR) is 88.4 cm³/mol. The molecule has 0 unspecified atom stereocenters. The third kappa shape index (κ3) is 2.82. The van der Waals surface area contributed by atoms with Crippen molar-refractivity contribution in [1.82, 2.24) is 4.98 Å². The van der Waals surface area contributed by atoms with Crippen molar-refractivity contribution in [3.8, 4) is 22.5 Å². The minimum Gasteiger partial charge on any atom is -0.258 e. The van der Waals surface area contributed by atoms with E-state index < -0.39 is 9.85 Å². The van der Waals surface area contributed by atoms with Gasteiger partial charge in [0.25, 0.3) is 11.4 Å². The number of hydrogen-bond acceptors (Lipinski definition) is 5. The minimum atomic E-state index is -0.478. The molecule has 0 aliphatic carbocycles. The van der Waals surface area contributed by atoms with E-state index in [-0.39, 0.29) is 11.4 Å². The standard InChI is InChI=1S/C17H11N3O4/c21-19(22)16-10-3-1-6-12(16)14-8-5-9-15(18-14)13-7-2-4-11-17(13)20(23)24/h1-11H. The van der Waals surface area contributed by atoms with Crippen molar-refractivity contribution in [3.05, 3.63) is 87.0 Å². The molecule has 3 rings (SSSR count). The highest BCUT2D eigenvalue weighted by Gasteiger charge is 2.18. The van der Waals surface area contributed by atoms with Crippen LogP contribution in [0.2, 0.25) is 0 Å². The monoisotopic (exact) mass is 321 g/mol. The van der Waals surface area contributed by atoms with Gasteiger partial charge in [-0.1, -0.05) is 30.3 Å². The van der Waals surface area contributed by atoms with Crippen LogP contribution in [0.3, 0.4) is 0 Å². The molecule has 0 atom stereocenters. The summed E-state index contributed by atoms with van der Waals surface area (Å²) in [6.45, 7) is 0. The van der Waals surface area contributed by atoms with Crippen LogP contribution < -0.4 is 0 Å². The van der Waals surface area contributed by atoms with Gasteiger partial charge in [0.15, 0.2) is 0 Å². The summed E-state index contributed by atoms with van der Waals surface area (Å²) in [6.07, 6.45) is 0. The number of benzene rings is 2. The first kappa shape index (κ1) is 15.3. The Kier molecular flexibility index (Phi) is 3.98. The first-order chi connectivity index (χ1) is 11.6. The average molecular weight is 321 g/mol. The van der Waals surface area contributed by atoms with E-state index in [9.17, 15) is 20.2 Å². The lowest BCUT2D eigenvalue weighted by molar-refractivity contribution is -0.384. The maximum Gasteiger partial charge on any atom is 0.278 e. The Bertz CT molecular complexity index is 868. The van der Waals surface area contributed by atoms with Gasteiger partial charge in [0.2, 0.25) is 0 Å². The van der Waals surface area contributed by atoms with Gasteiger partial charge in [-0.2, -0.15) is 0 Å². The van der Waals surface area contributed by atoms with Crippen molar-refractivity contribution < 1.29 is 9.85 Å². The third-order valence-corrected chi connectivity index (χ3v) is 3.50. The van der Waals surface area contributed by atoms with E-state index in [0.29, 0.717) is 22.5 Å². The van der Waals surface area contributed by atoms with Crippen LogP contribution in [0.1, 0.15) is 0 Å². The summed E-state index contributed by atoms with van der Waals surface area (Å²) in [4.78, 5) is 25.8. The molecule has 118 valence electrons. The molecule has 0 saturated carbocycles. The highest BCUT2D eigenvalue weighted by atomic mass is 16.6.